The van der Waals surface area contributed by atoms with Gasteiger partial charge in [0.05, 0.1) is 4.90 Å². The minimum absolute atomic E-state index is 0.102. The molecule has 0 fully saturated rings. The minimum atomic E-state index is -3.52. The molecule has 106 valence electrons. The molecule has 0 radical (unpaired) electrons. The molecule has 20 heavy (non-hydrogen) atoms. The molecule has 1 N–H and O–H groups in total. The highest BCUT2D eigenvalue weighted by molar-refractivity contribution is 7.89. The molecule has 0 amide bonds. The van der Waals surface area contributed by atoms with Gasteiger partial charge < -0.3 is 0 Å². The van der Waals surface area contributed by atoms with Crippen molar-refractivity contribution in [2.75, 3.05) is 6.54 Å². The molecule has 1 atom stereocenters. The monoisotopic (exact) mass is 309 g/mol. The summed E-state index contributed by atoms with van der Waals surface area (Å²) >= 11 is 5.82. The predicted octanol–water partition coefficient (Wildman–Crippen LogP) is 3.42. The Balaban J connectivity index is 2.07. The number of nitrogens with one attached hydrogen (secondary N) is 1. The largest absolute Gasteiger partial charge is 0.240 e. The summed E-state index contributed by atoms with van der Waals surface area (Å²) < 4.78 is 26.9. The van der Waals surface area contributed by atoms with E-state index in [1.165, 1.54) is 12.1 Å². The Labute approximate surface area is 124 Å². The SMILES string of the molecule is CC(CNS(=O)(=O)c1cccc(Cl)c1)c1ccccc1. The lowest BCUT2D eigenvalue weighted by molar-refractivity contribution is 0.575. The van der Waals surface area contributed by atoms with E-state index < -0.39 is 10.0 Å². The third-order valence-corrected chi connectivity index (χ3v) is 4.71. The molecule has 0 saturated heterocycles. The van der Waals surface area contributed by atoms with Crippen molar-refractivity contribution in [1.29, 1.82) is 0 Å². The van der Waals surface area contributed by atoms with Gasteiger partial charge in [0.15, 0.2) is 0 Å². The number of benzene rings is 2. The molecule has 2 aromatic carbocycles. The molecule has 5 heteroatoms. The average molecular weight is 310 g/mol. The molecule has 0 spiro atoms. The van der Waals surface area contributed by atoms with Gasteiger partial charge in [-0.05, 0) is 29.7 Å². The van der Waals surface area contributed by atoms with Gasteiger partial charge in [0.1, 0.15) is 0 Å². The van der Waals surface area contributed by atoms with Crippen molar-refractivity contribution in [2.45, 2.75) is 17.7 Å². The van der Waals surface area contributed by atoms with Crippen LogP contribution in [0.5, 0.6) is 0 Å². The van der Waals surface area contributed by atoms with Crippen molar-refractivity contribution >= 4 is 21.6 Å². The molecule has 1 unspecified atom stereocenters. The molecule has 0 bridgehead atoms. The Morgan fingerprint density at radius 2 is 1.80 bits per heavy atom. The maximum atomic E-state index is 12.2. The van der Waals surface area contributed by atoms with E-state index in [2.05, 4.69) is 4.72 Å². The molecule has 0 saturated carbocycles. The molecule has 2 aromatic rings. The smallest absolute Gasteiger partial charge is 0.211 e. The lowest BCUT2D eigenvalue weighted by Gasteiger charge is -2.13. The molecule has 3 nitrogen and oxygen atoms in total. The lowest BCUT2D eigenvalue weighted by atomic mass is 10.0. The summed E-state index contributed by atoms with van der Waals surface area (Å²) in [4.78, 5) is 0.185. The van der Waals surface area contributed by atoms with Gasteiger partial charge in [-0.15, -0.1) is 0 Å². The van der Waals surface area contributed by atoms with E-state index >= 15 is 0 Å². The third-order valence-electron chi connectivity index (χ3n) is 3.05. The van der Waals surface area contributed by atoms with Crippen molar-refractivity contribution in [1.82, 2.24) is 4.72 Å². The number of halogens is 1. The van der Waals surface area contributed by atoms with Gasteiger partial charge in [0.25, 0.3) is 0 Å². The average Bonchev–Trinajstić information content (AvgIpc) is 2.46. The molecular weight excluding hydrogens is 294 g/mol. The zero-order valence-electron chi connectivity index (χ0n) is 11.1. The first kappa shape index (κ1) is 15.0. The topological polar surface area (TPSA) is 46.2 Å². The maximum Gasteiger partial charge on any atom is 0.240 e. The van der Waals surface area contributed by atoms with E-state index in [0.29, 0.717) is 11.6 Å². The van der Waals surface area contributed by atoms with E-state index in [-0.39, 0.29) is 10.8 Å². The first-order valence-electron chi connectivity index (χ1n) is 6.29. The van der Waals surface area contributed by atoms with Crippen LogP contribution in [0.25, 0.3) is 0 Å². The Kier molecular flexibility index (Phi) is 4.81. The van der Waals surface area contributed by atoms with Crippen LogP contribution in [0.1, 0.15) is 18.4 Å². The highest BCUT2D eigenvalue weighted by atomic mass is 35.5. The summed E-state index contributed by atoms with van der Waals surface area (Å²) in [5, 5.41) is 0.406. The van der Waals surface area contributed by atoms with Crippen LogP contribution in [0.4, 0.5) is 0 Å². The Bertz CT molecular complexity index is 671. The fraction of sp³-hybridized carbons (Fsp3) is 0.200. The van der Waals surface area contributed by atoms with Crippen LogP contribution >= 0.6 is 11.6 Å². The molecule has 2 rings (SSSR count). The fourth-order valence-electron chi connectivity index (χ4n) is 1.85. The van der Waals surface area contributed by atoms with Crippen molar-refractivity contribution in [3.8, 4) is 0 Å². The van der Waals surface area contributed by atoms with Crippen LogP contribution in [0.3, 0.4) is 0 Å². The van der Waals surface area contributed by atoms with Gasteiger partial charge in [-0.1, -0.05) is 54.9 Å². The molecule has 0 aliphatic heterocycles. The van der Waals surface area contributed by atoms with E-state index in [1.54, 1.807) is 12.1 Å². The van der Waals surface area contributed by atoms with E-state index in [9.17, 15) is 8.42 Å². The van der Waals surface area contributed by atoms with Crippen LogP contribution in [-0.2, 0) is 10.0 Å². The van der Waals surface area contributed by atoms with Crippen molar-refractivity contribution in [3.05, 3.63) is 65.2 Å². The quantitative estimate of drug-likeness (QED) is 0.920. The lowest BCUT2D eigenvalue weighted by Crippen LogP contribution is -2.27. The standard InChI is InChI=1S/C15H16ClNO2S/c1-12(13-6-3-2-4-7-13)11-17-20(18,19)15-9-5-8-14(16)10-15/h2-10,12,17H,11H2,1H3. The predicted molar refractivity (Wildman–Crippen MR) is 81.5 cm³/mol. The van der Waals surface area contributed by atoms with E-state index in [1.807, 2.05) is 37.3 Å². The van der Waals surface area contributed by atoms with Gasteiger partial charge in [-0.2, -0.15) is 0 Å². The van der Waals surface area contributed by atoms with Crippen LogP contribution in [0.15, 0.2) is 59.5 Å². The van der Waals surface area contributed by atoms with E-state index in [0.717, 1.165) is 5.56 Å². The third kappa shape index (κ3) is 3.82. The fourth-order valence-corrected chi connectivity index (χ4v) is 3.28. The molecule has 0 heterocycles. The highest BCUT2D eigenvalue weighted by Gasteiger charge is 2.15. The normalized spacial score (nSPS) is 13.1. The summed E-state index contributed by atoms with van der Waals surface area (Å²) in [5.74, 6) is 0.102. The minimum Gasteiger partial charge on any atom is -0.211 e. The van der Waals surface area contributed by atoms with Crippen LogP contribution in [0, 0.1) is 0 Å². The van der Waals surface area contributed by atoms with E-state index in [4.69, 9.17) is 11.6 Å². The zero-order valence-corrected chi connectivity index (χ0v) is 12.7. The van der Waals surface area contributed by atoms with Crippen LogP contribution < -0.4 is 4.72 Å². The summed E-state index contributed by atoms with van der Waals surface area (Å²) in [6.07, 6.45) is 0. The Morgan fingerprint density at radius 1 is 1.10 bits per heavy atom. The molecule has 0 aromatic heterocycles. The second-order valence-corrected chi connectivity index (χ2v) is 6.82. The Hall–Kier alpha value is -1.36. The number of hydrogen-bond acceptors (Lipinski definition) is 2. The van der Waals surface area contributed by atoms with Crippen molar-refractivity contribution in [3.63, 3.8) is 0 Å². The van der Waals surface area contributed by atoms with Gasteiger partial charge in [-0.25, -0.2) is 13.1 Å². The van der Waals surface area contributed by atoms with Crippen molar-refractivity contribution < 1.29 is 8.42 Å². The summed E-state index contributed by atoms with van der Waals surface area (Å²) in [6, 6.07) is 16.0. The van der Waals surface area contributed by atoms with Gasteiger partial charge in [-0.3, -0.25) is 0 Å². The van der Waals surface area contributed by atoms with Gasteiger partial charge in [0.2, 0.25) is 10.0 Å². The number of sulfonamides is 1. The second-order valence-electron chi connectivity index (χ2n) is 4.62. The highest BCUT2D eigenvalue weighted by Crippen LogP contribution is 2.17. The zero-order chi connectivity index (χ0) is 14.6. The molecule has 0 aliphatic carbocycles. The van der Waals surface area contributed by atoms with Gasteiger partial charge in [0, 0.05) is 11.6 Å². The molecule has 0 aliphatic rings. The maximum absolute atomic E-state index is 12.2. The first-order valence-corrected chi connectivity index (χ1v) is 8.15. The van der Waals surface area contributed by atoms with Crippen LogP contribution in [0.2, 0.25) is 5.02 Å². The number of rotatable bonds is 5. The number of hydrogen-bond donors (Lipinski definition) is 1. The first-order chi connectivity index (χ1) is 9.49. The Morgan fingerprint density at radius 3 is 2.45 bits per heavy atom. The van der Waals surface area contributed by atoms with Gasteiger partial charge >= 0.3 is 0 Å². The molecular formula is C15H16ClNO2S. The summed E-state index contributed by atoms with van der Waals surface area (Å²) in [7, 11) is -3.52. The van der Waals surface area contributed by atoms with Crippen molar-refractivity contribution in [2.24, 2.45) is 0 Å². The van der Waals surface area contributed by atoms with Crippen LogP contribution in [-0.4, -0.2) is 15.0 Å². The summed E-state index contributed by atoms with van der Waals surface area (Å²) in [5.41, 5.74) is 1.10. The summed E-state index contributed by atoms with van der Waals surface area (Å²) in [6.45, 7) is 2.33. The second kappa shape index (κ2) is 6.39.